The number of fused-ring (bicyclic) bond motifs is 1. The average molecular weight is 497 g/mol. The number of amides is 1. The number of hydrogen-bond acceptors (Lipinski definition) is 8. The molecular weight excluding hydrogens is 472 g/mol. The fourth-order valence-corrected chi connectivity index (χ4v) is 5.08. The van der Waals surface area contributed by atoms with Crippen LogP contribution in [0.3, 0.4) is 0 Å². The van der Waals surface area contributed by atoms with Crippen molar-refractivity contribution in [2.75, 3.05) is 36.4 Å². The van der Waals surface area contributed by atoms with Crippen LogP contribution < -0.4 is 10.2 Å². The summed E-state index contributed by atoms with van der Waals surface area (Å²) in [6.07, 6.45) is 7.50. The molecule has 0 atom stereocenters. The van der Waals surface area contributed by atoms with E-state index in [9.17, 15) is 4.79 Å². The normalized spacial score (nSPS) is 13.8. The van der Waals surface area contributed by atoms with Crippen molar-refractivity contribution in [3.63, 3.8) is 0 Å². The first kappa shape index (κ1) is 22.2. The minimum absolute atomic E-state index is 0.126. The highest BCUT2D eigenvalue weighted by Crippen LogP contribution is 2.28. The molecule has 1 aliphatic rings. The zero-order chi connectivity index (χ0) is 24.5. The summed E-state index contributed by atoms with van der Waals surface area (Å²) in [5, 5.41) is 5.28. The van der Waals surface area contributed by atoms with E-state index in [1.165, 1.54) is 4.88 Å². The maximum absolute atomic E-state index is 11.6. The lowest BCUT2D eigenvalue weighted by molar-refractivity contribution is -0.129. The first-order valence-corrected chi connectivity index (χ1v) is 12.6. The molecule has 10 heteroatoms. The van der Waals surface area contributed by atoms with Crippen LogP contribution in [0, 0.1) is 0 Å². The van der Waals surface area contributed by atoms with Crippen LogP contribution in [-0.4, -0.2) is 61.3 Å². The van der Waals surface area contributed by atoms with E-state index in [0.717, 1.165) is 54.5 Å². The van der Waals surface area contributed by atoms with E-state index in [1.54, 1.807) is 24.5 Å². The molecule has 180 valence electrons. The fourth-order valence-electron chi connectivity index (χ4n) is 4.36. The molecule has 5 aromatic rings. The van der Waals surface area contributed by atoms with E-state index in [2.05, 4.69) is 59.3 Å². The molecule has 6 heterocycles. The van der Waals surface area contributed by atoms with Crippen LogP contribution in [0.2, 0.25) is 0 Å². The van der Waals surface area contributed by atoms with Crippen molar-refractivity contribution in [2.24, 2.45) is 0 Å². The average Bonchev–Trinajstić information content (AvgIpc) is 3.60. The molecule has 1 amide bonds. The number of nitrogens with one attached hydrogen (secondary N) is 1. The number of pyridine rings is 2. The lowest BCUT2D eigenvalue weighted by Gasteiger charge is -2.35. The van der Waals surface area contributed by atoms with Gasteiger partial charge in [0.1, 0.15) is 11.5 Å². The van der Waals surface area contributed by atoms with Gasteiger partial charge in [-0.15, -0.1) is 11.3 Å². The lowest BCUT2D eigenvalue weighted by atomic mass is 10.2. The van der Waals surface area contributed by atoms with Crippen molar-refractivity contribution >= 4 is 40.3 Å². The number of nitrogens with zero attached hydrogens (tertiary/aromatic N) is 7. The van der Waals surface area contributed by atoms with Crippen LogP contribution in [0.1, 0.15) is 6.92 Å². The third-order valence-corrected chi connectivity index (χ3v) is 7.23. The number of aromatic nitrogens is 5. The monoisotopic (exact) mass is 496 g/mol. The highest BCUT2D eigenvalue weighted by molar-refractivity contribution is 7.13. The first-order valence-electron chi connectivity index (χ1n) is 11.7. The summed E-state index contributed by atoms with van der Waals surface area (Å²) in [5.74, 6) is 1.25. The van der Waals surface area contributed by atoms with Gasteiger partial charge in [0.05, 0.1) is 29.5 Å². The van der Waals surface area contributed by atoms with Crippen molar-refractivity contribution < 1.29 is 4.79 Å². The second-order valence-electron chi connectivity index (χ2n) is 8.55. The van der Waals surface area contributed by atoms with Gasteiger partial charge in [-0.05, 0) is 41.8 Å². The third kappa shape index (κ3) is 4.38. The molecule has 1 fully saturated rings. The van der Waals surface area contributed by atoms with Gasteiger partial charge in [0, 0.05) is 55.9 Å². The molecule has 0 aromatic carbocycles. The Labute approximate surface area is 212 Å². The van der Waals surface area contributed by atoms with Crippen LogP contribution >= 0.6 is 11.3 Å². The van der Waals surface area contributed by atoms with Crippen LogP contribution in [-0.2, 0) is 4.79 Å². The number of anilines is 3. The smallest absolute Gasteiger partial charge is 0.228 e. The topological polar surface area (TPSA) is 91.6 Å². The second kappa shape index (κ2) is 9.38. The summed E-state index contributed by atoms with van der Waals surface area (Å²) in [4.78, 5) is 35.1. The van der Waals surface area contributed by atoms with Gasteiger partial charge in [-0.2, -0.15) is 0 Å². The van der Waals surface area contributed by atoms with E-state index in [-0.39, 0.29) is 5.91 Å². The number of rotatable bonds is 5. The molecule has 0 bridgehead atoms. The van der Waals surface area contributed by atoms with E-state index in [4.69, 9.17) is 4.98 Å². The molecule has 0 spiro atoms. The molecule has 0 aliphatic carbocycles. The summed E-state index contributed by atoms with van der Waals surface area (Å²) in [5.41, 5.74) is 4.69. The Kier molecular flexibility index (Phi) is 5.78. The zero-order valence-corrected chi connectivity index (χ0v) is 20.5. The SMILES string of the molecule is CC(=O)N1CCN(c2ccc(Nc3nccc(-c4cnc5ccc(-c6cccs6)cn45)n3)nc2)CC1. The van der Waals surface area contributed by atoms with Crippen LogP contribution in [0.4, 0.5) is 17.5 Å². The predicted octanol–water partition coefficient (Wildman–Crippen LogP) is 4.33. The molecule has 1 N–H and O–H groups in total. The van der Waals surface area contributed by atoms with Crippen LogP contribution in [0.5, 0.6) is 0 Å². The number of thiophene rings is 1. The number of hydrogen-bond donors (Lipinski definition) is 1. The Hall–Kier alpha value is -4.31. The third-order valence-electron chi connectivity index (χ3n) is 6.31. The van der Waals surface area contributed by atoms with E-state index in [0.29, 0.717) is 11.8 Å². The van der Waals surface area contributed by atoms with Crippen LogP contribution in [0.25, 0.3) is 27.5 Å². The molecule has 36 heavy (non-hydrogen) atoms. The number of carbonyl (C=O) groups excluding carboxylic acids is 1. The second-order valence-corrected chi connectivity index (χ2v) is 9.50. The molecular formula is C26H24N8OS. The van der Waals surface area contributed by atoms with Crippen molar-refractivity contribution in [3.8, 4) is 21.8 Å². The van der Waals surface area contributed by atoms with E-state index >= 15 is 0 Å². The van der Waals surface area contributed by atoms with E-state index < -0.39 is 0 Å². The van der Waals surface area contributed by atoms with Crippen molar-refractivity contribution in [3.05, 3.63) is 72.6 Å². The fraction of sp³-hybridized carbons (Fsp3) is 0.192. The van der Waals surface area contributed by atoms with Gasteiger partial charge in [-0.25, -0.2) is 19.9 Å². The molecule has 9 nitrogen and oxygen atoms in total. The Morgan fingerprint density at radius 2 is 1.86 bits per heavy atom. The Bertz CT molecular complexity index is 1510. The summed E-state index contributed by atoms with van der Waals surface area (Å²) >= 11 is 1.71. The minimum Gasteiger partial charge on any atom is -0.367 e. The summed E-state index contributed by atoms with van der Waals surface area (Å²) in [6.45, 7) is 4.67. The molecule has 1 saturated heterocycles. The maximum Gasteiger partial charge on any atom is 0.228 e. The van der Waals surface area contributed by atoms with Gasteiger partial charge in [-0.3, -0.25) is 9.20 Å². The predicted molar refractivity (Wildman–Crippen MR) is 142 cm³/mol. The van der Waals surface area contributed by atoms with Crippen LogP contribution in [0.15, 0.2) is 72.6 Å². The molecule has 5 aromatic heterocycles. The summed E-state index contributed by atoms with van der Waals surface area (Å²) in [7, 11) is 0. The molecule has 1 aliphatic heterocycles. The Balaban J connectivity index is 1.20. The zero-order valence-electron chi connectivity index (χ0n) is 19.7. The number of piperazine rings is 1. The van der Waals surface area contributed by atoms with Gasteiger partial charge in [0.2, 0.25) is 11.9 Å². The maximum atomic E-state index is 11.6. The summed E-state index contributed by atoms with van der Waals surface area (Å²) in [6, 6.07) is 14.1. The highest BCUT2D eigenvalue weighted by Gasteiger charge is 2.19. The molecule has 6 rings (SSSR count). The Morgan fingerprint density at radius 1 is 0.972 bits per heavy atom. The van der Waals surface area contributed by atoms with Crippen molar-refractivity contribution in [1.82, 2.24) is 29.2 Å². The van der Waals surface area contributed by atoms with Gasteiger partial charge in [0.25, 0.3) is 0 Å². The molecule has 0 radical (unpaired) electrons. The number of imidazole rings is 1. The Morgan fingerprint density at radius 3 is 2.61 bits per heavy atom. The van der Waals surface area contributed by atoms with Gasteiger partial charge >= 0.3 is 0 Å². The molecule has 0 saturated carbocycles. The highest BCUT2D eigenvalue weighted by atomic mass is 32.1. The first-order chi connectivity index (χ1) is 17.6. The molecule has 0 unspecified atom stereocenters. The largest absolute Gasteiger partial charge is 0.367 e. The standard InChI is InChI=1S/C26H24N8OS/c1-18(35)32-10-12-33(13-11-32)20-5-6-24(28-15-20)31-26-27-9-8-21(30-26)22-16-29-25-7-4-19(17-34(22)25)23-3-2-14-36-23/h2-9,14-17H,10-13H2,1H3,(H,27,28,30,31). The van der Waals surface area contributed by atoms with Gasteiger partial charge < -0.3 is 15.1 Å². The number of carbonyl (C=O) groups is 1. The van der Waals surface area contributed by atoms with Gasteiger partial charge in [0.15, 0.2) is 0 Å². The quantitative estimate of drug-likeness (QED) is 0.387. The van der Waals surface area contributed by atoms with E-state index in [1.807, 2.05) is 41.6 Å². The lowest BCUT2D eigenvalue weighted by Crippen LogP contribution is -2.48. The van der Waals surface area contributed by atoms with Gasteiger partial charge in [-0.1, -0.05) is 6.07 Å². The summed E-state index contributed by atoms with van der Waals surface area (Å²) < 4.78 is 2.06. The van der Waals surface area contributed by atoms with Crippen molar-refractivity contribution in [2.45, 2.75) is 6.92 Å². The van der Waals surface area contributed by atoms with Crippen molar-refractivity contribution in [1.29, 1.82) is 0 Å². The minimum atomic E-state index is 0.126.